The molecule has 0 heterocycles. The molecule has 0 unspecified atom stereocenters. The van der Waals surface area contributed by atoms with Crippen molar-refractivity contribution >= 4 is 0 Å². The second-order valence-electron chi connectivity index (χ2n) is 17.6. The van der Waals surface area contributed by atoms with Gasteiger partial charge in [0.25, 0.3) is 0 Å². The number of hydrogen-bond donors (Lipinski definition) is 0. The van der Waals surface area contributed by atoms with E-state index in [0.29, 0.717) is 0 Å². The van der Waals surface area contributed by atoms with E-state index in [1.54, 1.807) is 0 Å². The minimum Gasteiger partial charge on any atom is -0.457 e. The van der Waals surface area contributed by atoms with Crippen LogP contribution in [0.1, 0.15) is 269 Å². The van der Waals surface area contributed by atoms with Crippen LogP contribution in [-0.2, 0) is 12.8 Å². The normalized spacial score (nSPS) is 11.5. The quantitative estimate of drug-likeness (QED) is 0.0613. The summed E-state index contributed by atoms with van der Waals surface area (Å²) in [5, 5.41) is 0. The summed E-state index contributed by atoms with van der Waals surface area (Å²) in [5.74, 6) is 1.90. The second kappa shape index (κ2) is 39.1. The van der Waals surface area contributed by atoms with Gasteiger partial charge in [0.05, 0.1) is 0 Å². The monoisotopic (exact) mass is 759 g/mol. The van der Waals surface area contributed by atoms with Crippen molar-refractivity contribution in [3.63, 3.8) is 0 Å². The minimum atomic E-state index is 0.948. The lowest BCUT2D eigenvalue weighted by Crippen LogP contribution is -1.90. The highest BCUT2D eigenvalue weighted by molar-refractivity contribution is 5.34. The van der Waals surface area contributed by atoms with Gasteiger partial charge >= 0.3 is 0 Å². The van der Waals surface area contributed by atoms with Crippen LogP contribution >= 0.6 is 0 Å². The van der Waals surface area contributed by atoms with Crippen molar-refractivity contribution in [2.45, 2.75) is 271 Å². The van der Waals surface area contributed by atoms with Gasteiger partial charge in [-0.2, -0.15) is 0 Å². The summed E-state index contributed by atoms with van der Waals surface area (Å²) in [5.41, 5.74) is 2.88. The molecule has 0 saturated carbocycles. The largest absolute Gasteiger partial charge is 0.457 e. The predicted molar refractivity (Wildman–Crippen MR) is 247 cm³/mol. The lowest BCUT2D eigenvalue weighted by Gasteiger charge is -2.08. The van der Waals surface area contributed by atoms with Gasteiger partial charge in [-0.25, -0.2) is 0 Å². The Kier molecular flexibility index (Phi) is 35.1. The van der Waals surface area contributed by atoms with Gasteiger partial charge in [0.15, 0.2) is 0 Å². The fraction of sp³-hybridized carbons (Fsp3) is 0.778. The van der Waals surface area contributed by atoms with Crippen molar-refractivity contribution in [2.24, 2.45) is 0 Å². The molecule has 0 aliphatic heterocycles. The first-order valence-electron chi connectivity index (χ1n) is 25.2. The number of aryl methyl sites for hydroxylation is 2. The summed E-state index contributed by atoms with van der Waals surface area (Å²) in [6.45, 7) is 4.61. The first kappa shape index (κ1) is 49.4. The number of unbranched alkanes of at least 4 members (excludes halogenated alkanes) is 36. The highest BCUT2D eigenvalue weighted by atomic mass is 16.5. The van der Waals surface area contributed by atoms with Gasteiger partial charge in [0.1, 0.15) is 11.5 Å². The summed E-state index contributed by atoms with van der Waals surface area (Å²) >= 11 is 0. The molecule has 0 atom stereocenters. The van der Waals surface area contributed by atoms with E-state index in [4.69, 9.17) is 4.74 Å². The van der Waals surface area contributed by atoms with E-state index in [2.05, 4.69) is 62.4 Å². The highest BCUT2D eigenvalue weighted by Crippen LogP contribution is 2.24. The van der Waals surface area contributed by atoms with Crippen molar-refractivity contribution in [3.8, 4) is 11.5 Å². The molecule has 0 radical (unpaired) electrons. The lowest BCUT2D eigenvalue weighted by atomic mass is 10.0. The van der Waals surface area contributed by atoms with Gasteiger partial charge in [-0.3, -0.25) is 0 Å². The van der Waals surface area contributed by atoms with E-state index in [-0.39, 0.29) is 0 Å². The van der Waals surface area contributed by atoms with E-state index in [9.17, 15) is 0 Å². The molecule has 0 bridgehead atoms. The van der Waals surface area contributed by atoms with E-state index in [0.717, 1.165) is 11.5 Å². The molecule has 0 N–H and O–H groups in total. The molecule has 0 fully saturated rings. The number of hydrogen-bond acceptors (Lipinski definition) is 1. The van der Waals surface area contributed by atoms with Crippen LogP contribution in [0.5, 0.6) is 11.5 Å². The van der Waals surface area contributed by atoms with Crippen molar-refractivity contribution in [3.05, 3.63) is 59.7 Å². The van der Waals surface area contributed by atoms with Gasteiger partial charge in [0, 0.05) is 0 Å². The molecular formula is C54H94O. The molecule has 316 valence electrons. The van der Waals surface area contributed by atoms with Gasteiger partial charge in [-0.05, 0) is 61.1 Å². The van der Waals surface area contributed by atoms with Crippen molar-refractivity contribution in [2.75, 3.05) is 0 Å². The fourth-order valence-electron chi connectivity index (χ4n) is 8.40. The van der Waals surface area contributed by atoms with E-state index in [1.807, 2.05) is 0 Å². The number of ether oxygens (including phenoxy) is 1. The molecular weight excluding hydrogens is 665 g/mol. The fourth-order valence-corrected chi connectivity index (χ4v) is 8.40. The predicted octanol–water partition coefficient (Wildman–Crippen LogP) is 19.4. The van der Waals surface area contributed by atoms with Crippen molar-refractivity contribution < 1.29 is 4.74 Å². The third-order valence-electron chi connectivity index (χ3n) is 12.2. The maximum Gasteiger partial charge on any atom is 0.127 e. The SMILES string of the molecule is CCCCCCCCCCCCCCCCCCCCCc1ccc(Oc2ccc(CCCCCCCCCCCCCCCCCCCCC)cc2)cc1. The van der Waals surface area contributed by atoms with Gasteiger partial charge in [0.2, 0.25) is 0 Å². The lowest BCUT2D eigenvalue weighted by molar-refractivity contribution is 0.482. The van der Waals surface area contributed by atoms with Gasteiger partial charge < -0.3 is 4.74 Å². The van der Waals surface area contributed by atoms with E-state index in [1.165, 1.54) is 268 Å². The molecule has 0 spiro atoms. The van der Waals surface area contributed by atoms with Crippen LogP contribution in [0.4, 0.5) is 0 Å². The zero-order chi connectivity index (χ0) is 39.0. The Balaban J connectivity index is 1.34. The maximum atomic E-state index is 6.18. The van der Waals surface area contributed by atoms with Crippen molar-refractivity contribution in [1.29, 1.82) is 0 Å². The Hall–Kier alpha value is -1.76. The number of benzene rings is 2. The second-order valence-corrected chi connectivity index (χ2v) is 17.6. The Morgan fingerprint density at radius 3 is 0.618 bits per heavy atom. The molecule has 2 aromatic carbocycles. The van der Waals surface area contributed by atoms with Crippen LogP contribution in [0, 0.1) is 0 Å². The van der Waals surface area contributed by atoms with E-state index < -0.39 is 0 Å². The first-order chi connectivity index (χ1) is 27.3. The Labute approximate surface area is 345 Å². The smallest absolute Gasteiger partial charge is 0.127 e. The number of rotatable bonds is 42. The van der Waals surface area contributed by atoms with Crippen LogP contribution in [0.15, 0.2) is 48.5 Å². The summed E-state index contributed by atoms with van der Waals surface area (Å²) in [7, 11) is 0. The molecule has 0 aromatic heterocycles. The average molecular weight is 759 g/mol. The topological polar surface area (TPSA) is 9.23 Å². The molecule has 0 aliphatic carbocycles. The standard InChI is InChI=1S/C54H94O/c1-3-5-7-9-11-13-15-17-19-21-23-25-27-29-31-33-35-37-39-41-51-43-47-53(48-44-51)55-54-49-45-52(46-50-54)42-40-38-36-34-32-30-28-26-24-22-20-18-16-14-12-10-8-6-4-2/h43-50H,3-42H2,1-2H3. The molecule has 0 aliphatic rings. The van der Waals surface area contributed by atoms with Crippen LogP contribution in [0.25, 0.3) is 0 Å². The Bertz CT molecular complexity index is 939. The van der Waals surface area contributed by atoms with E-state index >= 15 is 0 Å². The first-order valence-corrected chi connectivity index (χ1v) is 25.2. The average Bonchev–Trinajstić information content (AvgIpc) is 3.21. The molecule has 0 amide bonds. The summed E-state index contributed by atoms with van der Waals surface area (Å²) in [6.07, 6.45) is 57.0. The zero-order valence-corrected chi connectivity index (χ0v) is 37.3. The molecule has 1 nitrogen and oxygen atoms in total. The third kappa shape index (κ3) is 32.0. The molecule has 2 aromatic rings. The summed E-state index contributed by atoms with van der Waals surface area (Å²) in [6, 6.07) is 17.6. The molecule has 0 saturated heterocycles. The Morgan fingerprint density at radius 2 is 0.418 bits per heavy atom. The highest BCUT2D eigenvalue weighted by Gasteiger charge is 2.02. The molecule has 55 heavy (non-hydrogen) atoms. The van der Waals surface area contributed by atoms with Crippen LogP contribution in [-0.4, -0.2) is 0 Å². The van der Waals surface area contributed by atoms with Crippen molar-refractivity contribution in [1.82, 2.24) is 0 Å². The molecule has 1 heteroatoms. The van der Waals surface area contributed by atoms with Gasteiger partial charge in [-0.15, -0.1) is 0 Å². The third-order valence-corrected chi connectivity index (χ3v) is 12.2. The van der Waals surface area contributed by atoms with Crippen LogP contribution < -0.4 is 4.74 Å². The van der Waals surface area contributed by atoms with Crippen LogP contribution in [0.3, 0.4) is 0 Å². The summed E-state index contributed by atoms with van der Waals surface area (Å²) < 4.78 is 6.18. The van der Waals surface area contributed by atoms with Crippen LogP contribution in [0.2, 0.25) is 0 Å². The van der Waals surface area contributed by atoms with Gasteiger partial charge in [-0.1, -0.05) is 269 Å². The minimum absolute atomic E-state index is 0.948. The zero-order valence-electron chi connectivity index (χ0n) is 37.3. The summed E-state index contributed by atoms with van der Waals surface area (Å²) in [4.78, 5) is 0. The Morgan fingerprint density at radius 1 is 0.236 bits per heavy atom. The maximum absolute atomic E-state index is 6.18. The molecule has 2 rings (SSSR count).